The molecule has 1 N–H and O–H groups in total. The maximum Gasteiger partial charge on any atom is 0.212 e. The summed E-state index contributed by atoms with van der Waals surface area (Å²) in [4.78, 5) is 4.38. The second-order valence-corrected chi connectivity index (χ2v) is 3.12. The van der Waals surface area contributed by atoms with Crippen molar-refractivity contribution >= 4 is 39.8 Å². The van der Waals surface area contributed by atoms with E-state index in [9.17, 15) is 0 Å². The van der Waals surface area contributed by atoms with Crippen LogP contribution in [0.25, 0.3) is 11.0 Å². The lowest BCUT2D eigenvalue weighted by atomic mass is 10.3. The van der Waals surface area contributed by atoms with E-state index in [0.717, 1.165) is 17.0 Å². The number of imidazole rings is 1. The molecule has 0 radical (unpaired) electrons. The summed E-state index contributed by atoms with van der Waals surface area (Å²) < 4.78 is 5.04. The van der Waals surface area contributed by atoms with Gasteiger partial charge in [0.25, 0.3) is 0 Å². The molecular weight excluding hydrogens is 265 g/mol. The first-order valence-corrected chi connectivity index (χ1v) is 4.69. The Morgan fingerprint density at radius 3 is 2.83 bits per heavy atom. The van der Waals surface area contributed by atoms with Gasteiger partial charge in [-0.2, -0.15) is 0 Å². The van der Waals surface area contributed by atoms with Gasteiger partial charge in [-0.05, 0) is 12.1 Å². The lowest BCUT2D eigenvalue weighted by Gasteiger charge is -1.97. The summed E-state index contributed by atoms with van der Waals surface area (Å²) in [5.41, 5.74) is 2.18. The molecule has 2 aromatic rings. The van der Waals surface area contributed by atoms with Crippen molar-refractivity contribution in [3.05, 3.63) is 24.3 Å². The molecule has 62 valence electrons. The topological polar surface area (TPSA) is 29.9 Å². The summed E-state index contributed by atoms with van der Waals surface area (Å²) in [6, 6.07) is 8.07. The van der Waals surface area contributed by atoms with Crippen LogP contribution in [0.1, 0.15) is 0 Å². The third kappa shape index (κ3) is 1.06. The maximum atomic E-state index is 4.38. The smallest absolute Gasteiger partial charge is 0.212 e. The number of anilines is 1. The summed E-state index contributed by atoms with van der Waals surface area (Å²) in [5, 5.41) is 0. The number of benzene rings is 1. The maximum absolute atomic E-state index is 4.38. The summed E-state index contributed by atoms with van der Waals surface area (Å²) in [6.45, 7) is 0. The minimum absolute atomic E-state index is 0.886. The number of hydrogen-bond donors (Lipinski definition) is 1. The highest BCUT2D eigenvalue weighted by molar-refractivity contribution is 14.1. The fourth-order valence-electron chi connectivity index (χ4n) is 1.23. The van der Waals surface area contributed by atoms with Crippen molar-refractivity contribution in [2.24, 2.45) is 7.05 Å². The second kappa shape index (κ2) is 2.93. The van der Waals surface area contributed by atoms with E-state index in [1.54, 1.807) is 0 Å². The Hall–Kier alpha value is -0.780. The number of rotatable bonds is 1. The molecule has 0 bridgehead atoms. The van der Waals surface area contributed by atoms with Crippen LogP contribution in [-0.2, 0) is 7.05 Å². The van der Waals surface area contributed by atoms with Crippen LogP contribution in [0, 0.1) is 0 Å². The minimum Gasteiger partial charge on any atom is -0.313 e. The van der Waals surface area contributed by atoms with E-state index in [2.05, 4.69) is 37.4 Å². The van der Waals surface area contributed by atoms with Crippen LogP contribution in [0.2, 0.25) is 0 Å². The van der Waals surface area contributed by atoms with E-state index in [1.165, 1.54) is 0 Å². The fourth-order valence-corrected chi connectivity index (χ4v) is 1.71. The number of halogens is 1. The Balaban J connectivity index is 2.78. The Kier molecular flexibility index (Phi) is 1.92. The minimum atomic E-state index is 0.886. The third-order valence-electron chi connectivity index (χ3n) is 1.87. The van der Waals surface area contributed by atoms with E-state index >= 15 is 0 Å². The van der Waals surface area contributed by atoms with Crippen molar-refractivity contribution in [2.75, 3.05) is 3.53 Å². The predicted octanol–water partition coefficient (Wildman–Crippen LogP) is 2.34. The summed E-state index contributed by atoms with van der Waals surface area (Å²) in [5.74, 6) is 0.886. The first-order chi connectivity index (χ1) is 5.83. The van der Waals surface area contributed by atoms with Gasteiger partial charge in [0, 0.05) is 7.05 Å². The molecule has 0 saturated carbocycles. The standard InChI is InChI=1S/C8H8IN3/c1-12-7-5-3-2-4-6(7)10-8(12)11-9/h2-5H,1H3,(H,10,11). The first kappa shape index (κ1) is 7.85. The summed E-state index contributed by atoms with van der Waals surface area (Å²) in [6.07, 6.45) is 0. The van der Waals surface area contributed by atoms with Crippen molar-refractivity contribution in [2.45, 2.75) is 0 Å². The Morgan fingerprint density at radius 1 is 1.42 bits per heavy atom. The number of aryl methyl sites for hydroxylation is 1. The Bertz CT molecular complexity index is 408. The zero-order valence-corrected chi connectivity index (χ0v) is 8.74. The molecular formula is C8H8IN3. The average molecular weight is 273 g/mol. The van der Waals surface area contributed by atoms with Crippen LogP contribution >= 0.6 is 22.9 Å². The van der Waals surface area contributed by atoms with Gasteiger partial charge >= 0.3 is 0 Å². The van der Waals surface area contributed by atoms with E-state index in [0.29, 0.717) is 0 Å². The normalized spacial score (nSPS) is 10.5. The zero-order chi connectivity index (χ0) is 8.55. The highest BCUT2D eigenvalue weighted by atomic mass is 127. The van der Waals surface area contributed by atoms with Crippen LogP contribution in [0.4, 0.5) is 5.95 Å². The molecule has 0 atom stereocenters. The van der Waals surface area contributed by atoms with Crippen molar-refractivity contribution < 1.29 is 0 Å². The SMILES string of the molecule is Cn1c(NI)nc2ccccc21. The van der Waals surface area contributed by atoms with Crippen LogP contribution in [0.15, 0.2) is 24.3 Å². The molecule has 0 aliphatic heterocycles. The van der Waals surface area contributed by atoms with E-state index < -0.39 is 0 Å². The zero-order valence-electron chi connectivity index (χ0n) is 6.58. The molecule has 1 aromatic heterocycles. The van der Waals surface area contributed by atoms with Gasteiger partial charge in [0.05, 0.1) is 33.9 Å². The summed E-state index contributed by atoms with van der Waals surface area (Å²) >= 11 is 2.08. The van der Waals surface area contributed by atoms with E-state index in [4.69, 9.17) is 0 Å². The number of nitrogens with one attached hydrogen (secondary N) is 1. The van der Waals surface area contributed by atoms with Crippen LogP contribution in [-0.4, -0.2) is 9.55 Å². The van der Waals surface area contributed by atoms with Gasteiger partial charge in [-0.3, -0.25) is 3.53 Å². The molecule has 4 heteroatoms. The van der Waals surface area contributed by atoms with Gasteiger partial charge in [-0.15, -0.1) is 0 Å². The van der Waals surface area contributed by atoms with Gasteiger partial charge in [-0.1, -0.05) is 12.1 Å². The quantitative estimate of drug-likeness (QED) is 0.638. The third-order valence-corrected chi connectivity index (χ3v) is 2.35. The van der Waals surface area contributed by atoms with Crippen molar-refractivity contribution in [1.82, 2.24) is 9.55 Å². The molecule has 0 spiro atoms. The Labute approximate surface area is 84.3 Å². The van der Waals surface area contributed by atoms with Crippen molar-refractivity contribution in [3.8, 4) is 0 Å². The molecule has 0 aliphatic rings. The van der Waals surface area contributed by atoms with Gasteiger partial charge in [0.15, 0.2) is 0 Å². The monoisotopic (exact) mass is 273 g/mol. The first-order valence-electron chi connectivity index (χ1n) is 3.61. The Morgan fingerprint density at radius 2 is 2.17 bits per heavy atom. The second-order valence-electron chi connectivity index (χ2n) is 2.58. The van der Waals surface area contributed by atoms with Crippen molar-refractivity contribution in [1.29, 1.82) is 0 Å². The number of hydrogen-bond acceptors (Lipinski definition) is 2. The highest BCUT2D eigenvalue weighted by Gasteiger charge is 2.03. The van der Waals surface area contributed by atoms with Gasteiger partial charge in [-0.25, -0.2) is 4.98 Å². The molecule has 0 unspecified atom stereocenters. The number of fused-ring (bicyclic) bond motifs is 1. The van der Waals surface area contributed by atoms with Crippen LogP contribution in [0.3, 0.4) is 0 Å². The number of aromatic nitrogens is 2. The average Bonchev–Trinajstić information content (AvgIpc) is 2.44. The van der Waals surface area contributed by atoms with Crippen molar-refractivity contribution in [3.63, 3.8) is 0 Å². The molecule has 1 aromatic carbocycles. The molecule has 3 nitrogen and oxygen atoms in total. The number of nitrogens with zero attached hydrogens (tertiary/aromatic N) is 2. The lowest BCUT2D eigenvalue weighted by molar-refractivity contribution is 0.967. The van der Waals surface area contributed by atoms with E-state index in [1.807, 2.05) is 29.8 Å². The van der Waals surface area contributed by atoms with Crippen LogP contribution < -0.4 is 3.53 Å². The molecule has 0 saturated heterocycles. The van der Waals surface area contributed by atoms with Gasteiger partial charge < -0.3 is 4.57 Å². The molecule has 0 amide bonds. The molecule has 0 fully saturated rings. The van der Waals surface area contributed by atoms with Crippen LogP contribution in [0.5, 0.6) is 0 Å². The number of para-hydroxylation sites is 2. The van der Waals surface area contributed by atoms with E-state index in [-0.39, 0.29) is 0 Å². The van der Waals surface area contributed by atoms with Gasteiger partial charge in [0.1, 0.15) is 0 Å². The molecule has 2 rings (SSSR count). The largest absolute Gasteiger partial charge is 0.313 e. The predicted molar refractivity (Wildman–Crippen MR) is 58.4 cm³/mol. The van der Waals surface area contributed by atoms with Gasteiger partial charge in [0.2, 0.25) is 5.95 Å². The summed E-state index contributed by atoms with van der Waals surface area (Å²) in [7, 11) is 2.00. The molecule has 1 heterocycles. The lowest BCUT2D eigenvalue weighted by Crippen LogP contribution is -1.92. The molecule has 0 aliphatic carbocycles. The fraction of sp³-hybridized carbons (Fsp3) is 0.125. The molecule has 12 heavy (non-hydrogen) atoms. The highest BCUT2D eigenvalue weighted by Crippen LogP contribution is 2.17.